The van der Waals surface area contributed by atoms with Gasteiger partial charge < -0.3 is 15.8 Å². The van der Waals surface area contributed by atoms with E-state index in [1.54, 1.807) is 12.3 Å². The maximum atomic E-state index is 5.60. The second-order valence-corrected chi connectivity index (χ2v) is 5.05. The molecule has 0 aliphatic carbocycles. The molecule has 104 valence electrons. The van der Waals surface area contributed by atoms with Gasteiger partial charge >= 0.3 is 0 Å². The van der Waals surface area contributed by atoms with Crippen LogP contribution in [-0.4, -0.2) is 16.1 Å². The van der Waals surface area contributed by atoms with Crippen molar-refractivity contribution in [2.24, 2.45) is 5.73 Å². The van der Waals surface area contributed by atoms with E-state index in [0.717, 1.165) is 17.0 Å². The molecule has 1 heterocycles. The minimum absolute atomic E-state index is 0.165. The summed E-state index contributed by atoms with van der Waals surface area (Å²) < 4.78 is 5.59. The first-order valence-electron chi connectivity index (χ1n) is 6.34. The van der Waals surface area contributed by atoms with E-state index in [-0.39, 0.29) is 6.10 Å². The van der Waals surface area contributed by atoms with Gasteiger partial charge in [0.15, 0.2) is 0 Å². The Morgan fingerprint density at radius 1 is 1.25 bits per heavy atom. The number of nitrogens with two attached hydrogens (primary N) is 1. The Labute approximate surface area is 124 Å². The minimum atomic E-state index is 0.165. The molecule has 0 radical (unpaired) electrons. The van der Waals surface area contributed by atoms with Gasteiger partial charge in [-0.1, -0.05) is 12.2 Å². The molecular formula is C15H17N3OS. The van der Waals surface area contributed by atoms with Crippen LogP contribution in [0.3, 0.4) is 0 Å². The number of nitrogens with zero attached hydrogens (tertiary/aromatic N) is 1. The lowest BCUT2D eigenvalue weighted by atomic mass is 10.2. The van der Waals surface area contributed by atoms with Crippen LogP contribution in [0.1, 0.15) is 19.4 Å². The van der Waals surface area contributed by atoms with Gasteiger partial charge in [-0.15, -0.1) is 0 Å². The Bertz CT molecular complexity index is 596. The Hall–Kier alpha value is -2.14. The zero-order valence-electron chi connectivity index (χ0n) is 11.5. The zero-order chi connectivity index (χ0) is 14.5. The highest BCUT2D eigenvalue weighted by atomic mass is 32.1. The number of rotatable bonds is 5. The molecule has 0 spiro atoms. The van der Waals surface area contributed by atoms with Crippen molar-refractivity contribution in [2.75, 3.05) is 5.32 Å². The average Bonchev–Trinajstić information content (AvgIpc) is 2.41. The summed E-state index contributed by atoms with van der Waals surface area (Å²) in [6.45, 7) is 3.99. The predicted octanol–water partition coefficient (Wildman–Crippen LogP) is 3.25. The van der Waals surface area contributed by atoms with E-state index in [1.807, 2.05) is 44.2 Å². The summed E-state index contributed by atoms with van der Waals surface area (Å²) in [5.74, 6) is 1.54. The smallest absolute Gasteiger partial charge is 0.130 e. The van der Waals surface area contributed by atoms with Crippen LogP contribution in [0.5, 0.6) is 5.75 Å². The van der Waals surface area contributed by atoms with Gasteiger partial charge in [0, 0.05) is 17.4 Å². The highest BCUT2D eigenvalue weighted by Crippen LogP contribution is 2.20. The summed E-state index contributed by atoms with van der Waals surface area (Å²) in [7, 11) is 0. The van der Waals surface area contributed by atoms with E-state index < -0.39 is 0 Å². The molecule has 3 N–H and O–H groups in total. The lowest BCUT2D eigenvalue weighted by molar-refractivity contribution is 0.242. The van der Waals surface area contributed by atoms with E-state index >= 15 is 0 Å². The topological polar surface area (TPSA) is 60.2 Å². The standard InChI is InChI=1S/C15H17N3OS/c1-10(2)19-13-5-3-12(4-6-13)18-14-9-11(15(16)20)7-8-17-14/h3-10H,1-2H3,(H2,16,20)(H,17,18). The van der Waals surface area contributed by atoms with Crippen LogP contribution >= 0.6 is 12.2 Å². The number of benzene rings is 1. The minimum Gasteiger partial charge on any atom is -0.491 e. The number of aromatic nitrogens is 1. The molecule has 1 aromatic carbocycles. The third-order valence-corrected chi connectivity index (χ3v) is 2.78. The molecule has 0 saturated heterocycles. The van der Waals surface area contributed by atoms with Crippen LogP contribution in [0.15, 0.2) is 42.6 Å². The van der Waals surface area contributed by atoms with E-state index in [4.69, 9.17) is 22.7 Å². The second kappa shape index (κ2) is 6.34. The van der Waals surface area contributed by atoms with Gasteiger partial charge in [0.05, 0.1) is 6.10 Å². The summed E-state index contributed by atoms with van der Waals surface area (Å²) in [6.07, 6.45) is 1.84. The molecule has 0 amide bonds. The lowest BCUT2D eigenvalue weighted by Crippen LogP contribution is -2.09. The molecule has 4 nitrogen and oxygen atoms in total. The molecular weight excluding hydrogens is 270 g/mol. The number of nitrogens with one attached hydrogen (secondary N) is 1. The fraction of sp³-hybridized carbons (Fsp3) is 0.200. The number of anilines is 2. The van der Waals surface area contributed by atoms with Gasteiger partial charge in [0.1, 0.15) is 16.6 Å². The zero-order valence-corrected chi connectivity index (χ0v) is 12.3. The average molecular weight is 287 g/mol. The van der Waals surface area contributed by atoms with Gasteiger partial charge in [0.2, 0.25) is 0 Å². The van der Waals surface area contributed by atoms with Crippen LogP contribution in [0.2, 0.25) is 0 Å². The Balaban J connectivity index is 2.10. The maximum absolute atomic E-state index is 5.60. The Kier molecular flexibility index (Phi) is 4.53. The maximum Gasteiger partial charge on any atom is 0.130 e. The van der Waals surface area contributed by atoms with Crippen molar-refractivity contribution in [3.63, 3.8) is 0 Å². The SMILES string of the molecule is CC(C)Oc1ccc(Nc2cc(C(N)=S)ccn2)cc1. The number of thiocarbonyl (C=S) groups is 1. The third-order valence-electron chi connectivity index (χ3n) is 2.54. The normalized spacial score (nSPS) is 10.3. The summed E-state index contributed by atoms with van der Waals surface area (Å²) in [6, 6.07) is 11.3. The number of hydrogen-bond acceptors (Lipinski definition) is 4. The first-order valence-corrected chi connectivity index (χ1v) is 6.75. The van der Waals surface area contributed by atoms with Crippen molar-refractivity contribution in [1.82, 2.24) is 4.98 Å². The highest BCUT2D eigenvalue weighted by Gasteiger charge is 2.01. The fourth-order valence-electron chi connectivity index (χ4n) is 1.69. The summed E-state index contributed by atoms with van der Waals surface area (Å²) in [5, 5.41) is 3.20. The van der Waals surface area contributed by atoms with Crippen molar-refractivity contribution in [3.8, 4) is 5.75 Å². The van der Waals surface area contributed by atoms with Crippen LogP contribution in [0.25, 0.3) is 0 Å². The van der Waals surface area contributed by atoms with E-state index in [2.05, 4.69) is 10.3 Å². The van der Waals surface area contributed by atoms with E-state index in [9.17, 15) is 0 Å². The van der Waals surface area contributed by atoms with Crippen molar-refractivity contribution in [3.05, 3.63) is 48.2 Å². The van der Waals surface area contributed by atoms with E-state index in [1.165, 1.54) is 0 Å². The molecule has 20 heavy (non-hydrogen) atoms. The molecule has 1 aromatic heterocycles. The van der Waals surface area contributed by atoms with Crippen LogP contribution in [0.4, 0.5) is 11.5 Å². The highest BCUT2D eigenvalue weighted by molar-refractivity contribution is 7.80. The van der Waals surface area contributed by atoms with Gasteiger partial charge in [-0.3, -0.25) is 0 Å². The summed E-state index contributed by atoms with van der Waals surface area (Å²) >= 11 is 4.95. The summed E-state index contributed by atoms with van der Waals surface area (Å²) in [5.41, 5.74) is 7.32. The third kappa shape index (κ3) is 3.93. The largest absolute Gasteiger partial charge is 0.491 e. The van der Waals surface area contributed by atoms with E-state index in [0.29, 0.717) is 10.8 Å². The predicted molar refractivity (Wildman–Crippen MR) is 85.6 cm³/mol. The molecule has 0 bridgehead atoms. The number of ether oxygens (including phenoxy) is 1. The molecule has 0 fully saturated rings. The van der Waals surface area contributed by atoms with Crippen molar-refractivity contribution >= 4 is 28.7 Å². The van der Waals surface area contributed by atoms with Gasteiger partial charge in [-0.05, 0) is 50.2 Å². The molecule has 0 saturated carbocycles. The van der Waals surface area contributed by atoms with Gasteiger partial charge in [0.25, 0.3) is 0 Å². The molecule has 2 rings (SSSR count). The molecule has 0 aliphatic heterocycles. The Morgan fingerprint density at radius 3 is 2.55 bits per heavy atom. The molecule has 2 aromatic rings. The second-order valence-electron chi connectivity index (χ2n) is 4.61. The van der Waals surface area contributed by atoms with Crippen LogP contribution < -0.4 is 15.8 Å². The van der Waals surface area contributed by atoms with Gasteiger partial charge in [-0.25, -0.2) is 4.98 Å². The number of hydrogen-bond donors (Lipinski definition) is 2. The molecule has 0 atom stereocenters. The van der Waals surface area contributed by atoms with Gasteiger partial charge in [-0.2, -0.15) is 0 Å². The molecule has 0 unspecified atom stereocenters. The molecule has 0 aliphatic rings. The summed E-state index contributed by atoms with van der Waals surface area (Å²) in [4.78, 5) is 4.59. The lowest BCUT2D eigenvalue weighted by Gasteiger charge is -2.11. The first kappa shape index (κ1) is 14.3. The quantitative estimate of drug-likeness (QED) is 0.827. The molecule has 5 heteroatoms. The van der Waals surface area contributed by atoms with Crippen molar-refractivity contribution in [2.45, 2.75) is 20.0 Å². The fourth-order valence-corrected chi connectivity index (χ4v) is 1.82. The van der Waals surface area contributed by atoms with Crippen LogP contribution in [0, 0.1) is 0 Å². The number of pyridine rings is 1. The van der Waals surface area contributed by atoms with Crippen LogP contribution in [-0.2, 0) is 0 Å². The monoisotopic (exact) mass is 287 g/mol. The van der Waals surface area contributed by atoms with Crippen molar-refractivity contribution in [1.29, 1.82) is 0 Å². The Morgan fingerprint density at radius 2 is 1.95 bits per heavy atom. The van der Waals surface area contributed by atoms with Crippen molar-refractivity contribution < 1.29 is 4.74 Å². The first-order chi connectivity index (χ1) is 9.54.